The normalized spacial score (nSPS) is 11.2. The minimum Gasteiger partial charge on any atom is -0.380 e. The number of nitrogens with zero attached hydrogens (tertiary/aromatic N) is 1. The standard InChI is InChI=1S/C13H12N2O2S/c14-13(11-7-4-8-18-11)15-17-12(16)9-10-5-2-1-3-6-10/h1-8H,9H2,(H2,14,15). The van der Waals surface area contributed by atoms with E-state index >= 15 is 0 Å². The van der Waals surface area contributed by atoms with Crippen molar-refractivity contribution in [1.29, 1.82) is 0 Å². The van der Waals surface area contributed by atoms with Crippen LogP contribution in [0.2, 0.25) is 0 Å². The molecule has 0 saturated heterocycles. The Morgan fingerprint density at radius 1 is 1.22 bits per heavy atom. The van der Waals surface area contributed by atoms with E-state index < -0.39 is 5.97 Å². The highest BCUT2D eigenvalue weighted by molar-refractivity contribution is 7.12. The van der Waals surface area contributed by atoms with Gasteiger partial charge in [0.25, 0.3) is 0 Å². The molecular weight excluding hydrogens is 248 g/mol. The lowest BCUT2D eigenvalue weighted by molar-refractivity contribution is -0.142. The van der Waals surface area contributed by atoms with Crippen LogP contribution in [0.5, 0.6) is 0 Å². The van der Waals surface area contributed by atoms with Gasteiger partial charge in [-0.25, -0.2) is 4.79 Å². The number of carbonyl (C=O) groups excluding carboxylic acids is 1. The Bertz CT molecular complexity index is 535. The van der Waals surface area contributed by atoms with Crippen LogP contribution in [0.25, 0.3) is 0 Å². The second-order valence-electron chi connectivity index (χ2n) is 3.58. The van der Waals surface area contributed by atoms with Gasteiger partial charge in [-0.3, -0.25) is 0 Å². The van der Waals surface area contributed by atoms with Gasteiger partial charge in [0.2, 0.25) is 0 Å². The van der Waals surface area contributed by atoms with Crippen molar-refractivity contribution >= 4 is 23.1 Å². The molecule has 0 fully saturated rings. The maximum absolute atomic E-state index is 11.5. The van der Waals surface area contributed by atoms with Crippen LogP contribution in [0.4, 0.5) is 0 Å². The molecule has 0 aliphatic heterocycles. The Labute approximate surface area is 109 Å². The number of hydrogen-bond acceptors (Lipinski definition) is 4. The predicted molar refractivity (Wildman–Crippen MR) is 71.3 cm³/mol. The largest absolute Gasteiger partial charge is 0.380 e. The van der Waals surface area contributed by atoms with E-state index in [0.29, 0.717) is 0 Å². The molecule has 5 heteroatoms. The van der Waals surface area contributed by atoms with Crippen molar-refractivity contribution in [3.05, 3.63) is 58.3 Å². The summed E-state index contributed by atoms with van der Waals surface area (Å²) in [6.07, 6.45) is 0.183. The van der Waals surface area contributed by atoms with Crippen molar-refractivity contribution in [2.75, 3.05) is 0 Å². The highest BCUT2D eigenvalue weighted by atomic mass is 32.1. The summed E-state index contributed by atoms with van der Waals surface area (Å²) in [5.74, 6) is -0.216. The molecular formula is C13H12N2O2S. The third-order valence-corrected chi connectivity index (χ3v) is 3.10. The molecule has 0 aliphatic carbocycles. The summed E-state index contributed by atoms with van der Waals surface area (Å²) < 4.78 is 0. The number of thiophene rings is 1. The molecule has 4 nitrogen and oxygen atoms in total. The molecule has 0 atom stereocenters. The fourth-order valence-corrected chi connectivity index (χ4v) is 1.98. The Kier molecular flexibility index (Phi) is 4.09. The van der Waals surface area contributed by atoms with Gasteiger partial charge in [-0.2, -0.15) is 0 Å². The van der Waals surface area contributed by atoms with E-state index in [1.54, 1.807) is 0 Å². The first-order valence-electron chi connectivity index (χ1n) is 5.37. The van der Waals surface area contributed by atoms with Gasteiger partial charge in [0, 0.05) is 0 Å². The SMILES string of the molecule is N/C(=N\OC(=O)Cc1ccccc1)c1cccs1. The molecule has 1 aromatic carbocycles. The van der Waals surface area contributed by atoms with E-state index in [4.69, 9.17) is 10.6 Å². The lowest BCUT2D eigenvalue weighted by Gasteiger charge is -1.99. The smallest absolute Gasteiger partial charge is 0.339 e. The second-order valence-corrected chi connectivity index (χ2v) is 4.53. The van der Waals surface area contributed by atoms with Gasteiger partial charge >= 0.3 is 5.97 Å². The first-order valence-corrected chi connectivity index (χ1v) is 6.25. The molecule has 92 valence electrons. The molecule has 0 bridgehead atoms. The van der Waals surface area contributed by atoms with Crippen molar-refractivity contribution in [2.45, 2.75) is 6.42 Å². The van der Waals surface area contributed by atoms with Crippen LogP contribution in [-0.4, -0.2) is 11.8 Å². The van der Waals surface area contributed by atoms with Gasteiger partial charge in [0.05, 0.1) is 11.3 Å². The van der Waals surface area contributed by atoms with Crippen LogP contribution < -0.4 is 5.73 Å². The van der Waals surface area contributed by atoms with Gasteiger partial charge in [-0.15, -0.1) is 11.3 Å². The van der Waals surface area contributed by atoms with Gasteiger partial charge < -0.3 is 10.6 Å². The molecule has 2 rings (SSSR count). The zero-order valence-corrected chi connectivity index (χ0v) is 10.4. The summed E-state index contributed by atoms with van der Waals surface area (Å²) in [7, 11) is 0. The Balaban J connectivity index is 1.91. The third kappa shape index (κ3) is 3.43. The second kappa shape index (κ2) is 5.97. The van der Waals surface area contributed by atoms with E-state index in [2.05, 4.69) is 5.16 Å². The number of amidine groups is 1. The number of oxime groups is 1. The lowest BCUT2D eigenvalue weighted by Crippen LogP contribution is -2.14. The summed E-state index contributed by atoms with van der Waals surface area (Å²) in [5, 5.41) is 5.50. The number of hydrogen-bond donors (Lipinski definition) is 1. The van der Waals surface area contributed by atoms with Gasteiger partial charge in [0.15, 0.2) is 5.84 Å². The number of benzene rings is 1. The summed E-state index contributed by atoms with van der Waals surface area (Å²) in [5.41, 5.74) is 6.55. The molecule has 0 aliphatic rings. The maximum Gasteiger partial charge on any atom is 0.339 e. The lowest BCUT2D eigenvalue weighted by atomic mass is 10.2. The zero-order valence-electron chi connectivity index (χ0n) is 9.58. The quantitative estimate of drug-likeness (QED) is 0.396. The molecule has 1 heterocycles. The zero-order chi connectivity index (χ0) is 12.8. The molecule has 0 saturated carbocycles. The van der Waals surface area contributed by atoms with E-state index in [1.807, 2.05) is 47.8 Å². The van der Waals surface area contributed by atoms with Crippen LogP contribution in [0.3, 0.4) is 0 Å². The number of carbonyl (C=O) groups is 1. The van der Waals surface area contributed by atoms with Crippen LogP contribution in [0, 0.1) is 0 Å². The Morgan fingerprint density at radius 3 is 2.67 bits per heavy atom. The predicted octanol–water partition coefficient (Wildman–Crippen LogP) is 2.15. The van der Waals surface area contributed by atoms with Gasteiger partial charge in [-0.1, -0.05) is 41.6 Å². The molecule has 2 aromatic rings. The molecule has 2 N–H and O–H groups in total. The molecule has 0 spiro atoms. The van der Waals surface area contributed by atoms with Crippen LogP contribution >= 0.6 is 11.3 Å². The van der Waals surface area contributed by atoms with Crippen molar-refractivity contribution in [3.63, 3.8) is 0 Å². The fourth-order valence-electron chi connectivity index (χ4n) is 1.36. The molecule has 0 unspecified atom stereocenters. The summed E-state index contributed by atoms with van der Waals surface area (Å²) in [6.45, 7) is 0. The monoisotopic (exact) mass is 260 g/mol. The Morgan fingerprint density at radius 2 is 2.00 bits per heavy atom. The molecule has 1 aromatic heterocycles. The summed E-state index contributed by atoms with van der Waals surface area (Å²) in [6, 6.07) is 13.0. The van der Waals surface area contributed by atoms with Crippen molar-refractivity contribution in [2.24, 2.45) is 10.9 Å². The van der Waals surface area contributed by atoms with Crippen molar-refractivity contribution in [3.8, 4) is 0 Å². The highest BCUT2D eigenvalue weighted by Crippen LogP contribution is 2.08. The maximum atomic E-state index is 11.5. The minimum atomic E-state index is -0.430. The fraction of sp³-hybridized carbons (Fsp3) is 0.0769. The third-order valence-electron chi connectivity index (χ3n) is 2.21. The Hall–Kier alpha value is -2.14. The van der Waals surface area contributed by atoms with Crippen LogP contribution in [-0.2, 0) is 16.1 Å². The highest BCUT2D eigenvalue weighted by Gasteiger charge is 2.06. The van der Waals surface area contributed by atoms with Crippen molar-refractivity contribution in [1.82, 2.24) is 0 Å². The van der Waals surface area contributed by atoms with Crippen LogP contribution in [0.1, 0.15) is 10.4 Å². The van der Waals surface area contributed by atoms with E-state index in [-0.39, 0.29) is 12.3 Å². The number of rotatable bonds is 4. The van der Waals surface area contributed by atoms with Gasteiger partial charge in [0.1, 0.15) is 0 Å². The van der Waals surface area contributed by atoms with E-state index in [0.717, 1.165) is 10.4 Å². The minimum absolute atomic E-state index is 0.183. The van der Waals surface area contributed by atoms with E-state index in [1.165, 1.54) is 11.3 Å². The molecule has 0 amide bonds. The summed E-state index contributed by atoms with van der Waals surface area (Å²) in [4.78, 5) is 17.0. The number of nitrogens with two attached hydrogens (primary N) is 1. The van der Waals surface area contributed by atoms with Gasteiger partial charge in [-0.05, 0) is 17.0 Å². The van der Waals surface area contributed by atoms with E-state index in [9.17, 15) is 4.79 Å². The summed E-state index contributed by atoms with van der Waals surface area (Å²) >= 11 is 1.44. The molecule has 0 radical (unpaired) electrons. The topological polar surface area (TPSA) is 64.7 Å². The molecule has 18 heavy (non-hydrogen) atoms. The van der Waals surface area contributed by atoms with Crippen LogP contribution in [0.15, 0.2) is 53.0 Å². The first kappa shape index (κ1) is 12.3. The van der Waals surface area contributed by atoms with Crippen molar-refractivity contribution < 1.29 is 9.63 Å². The average Bonchev–Trinajstić information content (AvgIpc) is 2.91. The first-order chi connectivity index (χ1) is 8.75. The average molecular weight is 260 g/mol.